The van der Waals surface area contributed by atoms with Crippen molar-refractivity contribution in [1.82, 2.24) is 0 Å². The molecule has 0 bridgehead atoms. The molecule has 0 radical (unpaired) electrons. The van der Waals surface area contributed by atoms with E-state index in [9.17, 15) is 8.78 Å². The number of fused-ring (bicyclic) bond motifs is 1. The summed E-state index contributed by atoms with van der Waals surface area (Å²) in [6.45, 7) is 0. The van der Waals surface area contributed by atoms with Crippen molar-refractivity contribution in [3.05, 3.63) is 18.2 Å². The van der Waals surface area contributed by atoms with E-state index in [1.165, 1.54) is 20.3 Å². The molecule has 1 aromatic carbocycles. The number of para-hydroxylation sites is 1. The Morgan fingerprint density at radius 1 is 1.19 bits per heavy atom. The standard InChI is InChI=1S/C9H9BF2O4/c1-13-10(14-2)6-4-3-5-7-8(6)16-9(11,12)15-7/h3-5H,1-2H3. The van der Waals surface area contributed by atoms with Gasteiger partial charge >= 0.3 is 13.4 Å². The van der Waals surface area contributed by atoms with Gasteiger partial charge in [0.05, 0.1) is 0 Å². The van der Waals surface area contributed by atoms with Crippen LogP contribution in [0.4, 0.5) is 8.78 Å². The molecule has 7 heteroatoms. The zero-order valence-corrected chi connectivity index (χ0v) is 8.70. The summed E-state index contributed by atoms with van der Waals surface area (Å²) in [6.07, 6.45) is -3.63. The van der Waals surface area contributed by atoms with Crippen LogP contribution in [0.15, 0.2) is 18.2 Å². The second kappa shape index (κ2) is 3.91. The van der Waals surface area contributed by atoms with Gasteiger partial charge in [0.1, 0.15) is 0 Å². The van der Waals surface area contributed by atoms with Crippen molar-refractivity contribution in [3.8, 4) is 11.5 Å². The van der Waals surface area contributed by atoms with Gasteiger partial charge < -0.3 is 18.8 Å². The third-order valence-corrected chi connectivity index (χ3v) is 2.14. The summed E-state index contributed by atoms with van der Waals surface area (Å²) in [5.74, 6) is -0.0807. The Kier molecular flexibility index (Phi) is 2.73. The van der Waals surface area contributed by atoms with Gasteiger partial charge in [-0.15, -0.1) is 8.78 Å². The van der Waals surface area contributed by atoms with Crippen molar-refractivity contribution in [2.24, 2.45) is 0 Å². The molecule has 1 aromatic rings. The molecular formula is C9H9BF2O4. The van der Waals surface area contributed by atoms with Crippen LogP contribution in [0.3, 0.4) is 0 Å². The Bertz CT molecular complexity index is 395. The van der Waals surface area contributed by atoms with Crippen LogP contribution in [0, 0.1) is 0 Å². The minimum atomic E-state index is -3.63. The van der Waals surface area contributed by atoms with Crippen molar-refractivity contribution in [2.75, 3.05) is 14.2 Å². The summed E-state index contributed by atoms with van der Waals surface area (Å²) in [4.78, 5) is 0. The van der Waals surface area contributed by atoms with Crippen LogP contribution in [0.1, 0.15) is 0 Å². The fraction of sp³-hybridized carbons (Fsp3) is 0.333. The molecule has 16 heavy (non-hydrogen) atoms. The first-order valence-electron chi connectivity index (χ1n) is 4.52. The van der Waals surface area contributed by atoms with E-state index in [1.54, 1.807) is 12.1 Å². The van der Waals surface area contributed by atoms with Crippen LogP contribution in [0.5, 0.6) is 11.5 Å². The molecule has 4 nitrogen and oxygen atoms in total. The smallest absolute Gasteiger partial charge is 0.410 e. The highest BCUT2D eigenvalue weighted by Gasteiger charge is 2.45. The van der Waals surface area contributed by atoms with Crippen molar-refractivity contribution in [1.29, 1.82) is 0 Å². The van der Waals surface area contributed by atoms with E-state index in [-0.39, 0.29) is 11.5 Å². The molecule has 1 heterocycles. The van der Waals surface area contributed by atoms with E-state index in [0.717, 1.165) is 0 Å². The van der Waals surface area contributed by atoms with Gasteiger partial charge in [-0.25, -0.2) is 0 Å². The number of halogens is 2. The normalized spacial score (nSPS) is 16.2. The molecule has 0 unspecified atom stereocenters. The van der Waals surface area contributed by atoms with Crippen LogP contribution in [-0.2, 0) is 9.31 Å². The van der Waals surface area contributed by atoms with Crippen LogP contribution in [0.25, 0.3) is 0 Å². The third-order valence-electron chi connectivity index (χ3n) is 2.14. The molecule has 0 amide bonds. The first kappa shape index (κ1) is 11.2. The number of rotatable bonds is 3. The summed E-state index contributed by atoms with van der Waals surface area (Å²) in [6, 6.07) is 4.52. The summed E-state index contributed by atoms with van der Waals surface area (Å²) in [5, 5.41) is 0. The van der Waals surface area contributed by atoms with Crippen LogP contribution in [-0.4, -0.2) is 27.6 Å². The van der Waals surface area contributed by atoms with Gasteiger partial charge in [-0.1, -0.05) is 12.1 Å². The highest BCUT2D eigenvalue weighted by atomic mass is 19.3. The Labute approximate surface area is 91.2 Å². The van der Waals surface area contributed by atoms with E-state index in [4.69, 9.17) is 9.31 Å². The maximum Gasteiger partial charge on any atom is 0.586 e. The summed E-state index contributed by atoms with van der Waals surface area (Å²) in [5.41, 5.74) is 0.361. The van der Waals surface area contributed by atoms with Crippen molar-refractivity contribution in [3.63, 3.8) is 0 Å². The van der Waals surface area contributed by atoms with Gasteiger partial charge in [0.2, 0.25) is 0 Å². The molecule has 86 valence electrons. The molecule has 0 fully saturated rings. The molecule has 0 saturated carbocycles. The lowest BCUT2D eigenvalue weighted by Crippen LogP contribution is -2.36. The van der Waals surface area contributed by atoms with Gasteiger partial charge in [-0.05, 0) is 6.07 Å². The molecule has 0 aromatic heterocycles. The summed E-state index contributed by atoms with van der Waals surface area (Å²) >= 11 is 0. The van der Waals surface area contributed by atoms with Gasteiger partial charge in [-0.3, -0.25) is 0 Å². The molecule has 0 aliphatic carbocycles. The van der Waals surface area contributed by atoms with Crippen molar-refractivity contribution >= 4 is 12.6 Å². The number of ether oxygens (including phenoxy) is 2. The van der Waals surface area contributed by atoms with Crippen molar-refractivity contribution < 1.29 is 27.6 Å². The monoisotopic (exact) mass is 230 g/mol. The second-order valence-corrected chi connectivity index (χ2v) is 3.15. The maximum atomic E-state index is 12.9. The third kappa shape index (κ3) is 1.83. The Morgan fingerprint density at radius 2 is 1.88 bits per heavy atom. The number of alkyl halides is 2. The van der Waals surface area contributed by atoms with E-state index in [1.807, 2.05) is 0 Å². The van der Waals surface area contributed by atoms with Gasteiger partial charge in [-0.2, -0.15) is 0 Å². The number of benzene rings is 1. The highest BCUT2D eigenvalue weighted by Crippen LogP contribution is 2.39. The molecule has 0 saturated heterocycles. The summed E-state index contributed by atoms with van der Waals surface area (Å²) < 4.78 is 44.4. The first-order chi connectivity index (χ1) is 7.57. The average Bonchev–Trinajstić information content (AvgIpc) is 2.54. The SMILES string of the molecule is COB(OC)c1cccc2c1OC(F)(F)O2. The molecule has 0 N–H and O–H groups in total. The zero-order valence-electron chi connectivity index (χ0n) is 8.70. The minimum absolute atomic E-state index is 0.0263. The molecular weight excluding hydrogens is 221 g/mol. The van der Waals surface area contributed by atoms with E-state index in [0.29, 0.717) is 5.46 Å². The Balaban J connectivity index is 2.40. The minimum Gasteiger partial charge on any atom is -0.410 e. The maximum absolute atomic E-state index is 12.9. The fourth-order valence-corrected chi connectivity index (χ4v) is 1.53. The van der Waals surface area contributed by atoms with E-state index in [2.05, 4.69) is 9.47 Å². The predicted molar refractivity (Wildman–Crippen MR) is 52.1 cm³/mol. The number of hydrogen-bond acceptors (Lipinski definition) is 4. The molecule has 1 aliphatic rings. The Hall–Kier alpha value is -1.34. The number of hydrogen-bond donors (Lipinski definition) is 0. The highest BCUT2D eigenvalue weighted by molar-refractivity contribution is 6.62. The van der Waals surface area contributed by atoms with Gasteiger partial charge in [0.15, 0.2) is 11.5 Å². The van der Waals surface area contributed by atoms with Crippen molar-refractivity contribution in [2.45, 2.75) is 6.29 Å². The fourth-order valence-electron chi connectivity index (χ4n) is 1.53. The zero-order chi connectivity index (χ0) is 11.8. The van der Waals surface area contributed by atoms with E-state index >= 15 is 0 Å². The average molecular weight is 230 g/mol. The topological polar surface area (TPSA) is 36.9 Å². The molecule has 0 spiro atoms. The quantitative estimate of drug-likeness (QED) is 0.725. The van der Waals surface area contributed by atoms with Gasteiger partial charge in [0.25, 0.3) is 0 Å². The lowest BCUT2D eigenvalue weighted by Gasteiger charge is -2.11. The van der Waals surface area contributed by atoms with Crippen LogP contribution < -0.4 is 14.9 Å². The second-order valence-electron chi connectivity index (χ2n) is 3.15. The molecule has 2 rings (SSSR count). The molecule has 0 atom stereocenters. The van der Waals surface area contributed by atoms with Crippen LogP contribution >= 0.6 is 0 Å². The largest absolute Gasteiger partial charge is 0.586 e. The first-order valence-corrected chi connectivity index (χ1v) is 4.52. The van der Waals surface area contributed by atoms with E-state index < -0.39 is 13.4 Å². The predicted octanol–water partition coefficient (Wildman–Crippen LogP) is 0.996. The lowest BCUT2D eigenvalue weighted by molar-refractivity contribution is -0.286. The lowest BCUT2D eigenvalue weighted by atomic mass is 9.78. The summed E-state index contributed by atoms with van der Waals surface area (Å²) in [7, 11) is 2.04. The van der Waals surface area contributed by atoms with Crippen LogP contribution in [0.2, 0.25) is 0 Å². The molecule has 1 aliphatic heterocycles. The Morgan fingerprint density at radius 3 is 2.50 bits per heavy atom. The van der Waals surface area contributed by atoms with Gasteiger partial charge in [0, 0.05) is 19.7 Å².